The number of hydrogen-bond acceptors (Lipinski definition) is 4. The van der Waals surface area contributed by atoms with Crippen LogP contribution in [-0.2, 0) is 4.74 Å². The maximum absolute atomic E-state index is 11.4. The lowest BCUT2D eigenvalue weighted by Crippen LogP contribution is -2.58. The summed E-state index contributed by atoms with van der Waals surface area (Å²) in [5.41, 5.74) is 1.44. The van der Waals surface area contributed by atoms with E-state index in [1.165, 1.54) is 37.7 Å². The minimum absolute atomic E-state index is 0.0285. The molecule has 2 unspecified atom stereocenters. The van der Waals surface area contributed by atoms with Crippen molar-refractivity contribution in [2.45, 2.75) is 88.9 Å². The van der Waals surface area contributed by atoms with Gasteiger partial charge < -0.3 is 14.3 Å². The maximum Gasteiger partial charge on any atom is 0.335 e. The van der Waals surface area contributed by atoms with E-state index >= 15 is 0 Å². The lowest BCUT2D eigenvalue weighted by Gasteiger charge is -2.61. The number of rotatable bonds is 1. The van der Waals surface area contributed by atoms with Gasteiger partial charge in [-0.25, -0.2) is 4.79 Å². The van der Waals surface area contributed by atoms with Crippen LogP contribution in [0.15, 0.2) is 27.6 Å². The van der Waals surface area contributed by atoms with Crippen LogP contribution in [0.2, 0.25) is 0 Å². The minimum Gasteiger partial charge on any atom is -0.431 e. The predicted octanol–water partition coefficient (Wildman–Crippen LogP) is 4.26. The van der Waals surface area contributed by atoms with E-state index < -0.39 is 0 Å². The van der Waals surface area contributed by atoms with Crippen LogP contribution >= 0.6 is 0 Å². The Balaban J connectivity index is 1.36. The molecular weight excluding hydrogens is 352 g/mol. The third-order valence-electron chi connectivity index (χ3n) is 10.2. The second-order valence-electron chi connectivity index (χ2n) is 11.0. The molecule has 1 aromatic heterocycles. The van der Waals surface area contributed by atoms with Crippen LogP contribution in [0, 0.1) is 28.6 Å². The highest BCUT2D eigenvalue weighted by molar-refractivity contribution is 5.35. The summed E-state index contributed by atoms with van der Waals surface area (Å²) in [4.78, 5) is 11.4. The van der Waals surface area contributed by atoms with Gasteiger partial charge in [-0.3, -0.25) is 0 Å². The summed E-state index contributed by atoms with van der Waals surface area (Å²) in [6, 6.07) is 3.55. The summed E-state index contributed by atoms with van der Waals surface area (Å²) in [6.07, 6.45) is 11.1. The Hall–Kier alpha value is -1.13. The Labute approximate surface area is 166 Å². The Morgan fingerprint density at radius 3 is 2.68 bits per heavy atom. The minimum atomic E-state index is -0.266. The third kappa shape index (κ3) is 2.01. The summed E-state index contributed by atoms with van der Waals surface area (Å²) in [5, 5.41) is 10.2. The molecule has 6 rings (SSSR count). The molecule has 1 aliphatic heterocycles. The quantitative estimate of drug-likeness (QED) is 0.735. The van der Waals surface area contributed by atoms with E-state index in [-0.39, 0.29) is 22.7 Å². The molecule has 4 nitrogen and oxygen atoms in total. The van der Waals surface area contributed by atoms with Gasteiger partial charge in [-0.15, -0.1) is 0 Å². The van der Waals surface area contributed by atoms with Crippen LogP contribution in [0.25, 0.3) is 0 Å². The van der Waals surface area contributed by atoms with Gasteiger partial charge in [0.1, 0.15) is 5.60 Å². The molecular formula is C24H32O4. The highest BCUT2D eigenvalue weighted by atomic mass is 16.6. The average molecular weight is 385 g/mol. The predicted molar refractivity (Wildman–Crippen MR) is 105 cm³/mol. The van der Waals surface area contributed by atoms with Crippen molar-refractivity contribution in [2.75, 3.05) is 0 Å². The molecule has 1 spiro atoms. The second kappa shape index (κ2) is 5.51. The lowest BCUT2D eigenvalue weighted by atomic mass is 9.44. The van der Waals surface area contributed by atoms with Gasteiger partial charge in [-0.2, -0.15) is 0 Å². The topological polar surface area (TPSA) is 63.0 Å². The molecule has 1 saturated heterocycles. The Kier molecular flexibility index (Phi) is 3.49. The van der Waals surface area contributed by atoms with Crippen molar-refractivity contribution >= 4 is 0 Å². The van der Waals surface area contributed by atoms with Crippen LogP contribution < -0.4 is 5.63 Å². The number of epoxide rings is 1. The first-order chi connectivity index (χ1) is 13.4. The first-order valence-electron chi connectivity index (χ1n) is 11.3. The normalized spacial score (nSPS) is 54.2. The summed E-state index contributed by atoms with van der Waals surface area (Å²) >= 11 is 0. The van der Waals surface area contributed by atoms with Gasteiger partial charge in [0, 0.05) is 11.5 Å². The molecule has 4 aliphatic carbocycles. The van der Waals surface area contributed by atoms with Crippen molar-refractivity contribution in [3.05, 3.63) is 34.4 Å². The monoisotopic (exact) mass is 384 g/mol. The number of ether oxygens (including phenoxy) is 1. The van der Waals surface area contributed by atoms with Gasteiger partial charge in [0.2, 0.25) is 0 Å². The van der Waals surface area contributed by atoms with E-state index in [0.717, 1.165) is 25.2 Å². The molecule has 0 bridgehead atoms. The molecule has 1 N–H and O–H groups in total. The molecule has 0 aromatic carbocycles. The van der Waals surface area contributed by atoms with Gasteiger partial charge in [0.15, 0.2) is 0 Å². The van der Waals surface area contributed by atoms with Crippen LogP contribution in [0.4, 0.5) is 0 Å². The van der Waals surface area contributed by atoms with Gasteiger partial charge in [-0.1, -0.05) is 13.8 Å². The maximum atomic E-state index is 11.4. The van der Waals surface area contributed by atoms with Crippen LogP contribution in [-0.4, -0.2) is 22.9 Å². The van der Waals surface area contributed by atoms with Gasteiger partial charge >= 0.3 is 5.63 Å². The van der Waals surface area contributed by atoms with E-state index in [9.17, 15) is 9.90 Å². The zero-order chi connectivity index (χ0) is 19.3. The van der Waals surface area contributed by atoms with Crippen LogP contribution in [0.5, 0.6) is 0 Å². The molecule has 28 heavy (non-hydrogen) atoms. The van der Waals surface area contributed by atoms with Crippen LogP contribution in [0.1, 0.15) is 76.7 Å². The second-order valence-corrected chi connectivity index (χ2v) is 11.0. The molecule has 9 atom stereocenters. The van der Waals surface area contributed by atoms with Gasteiger partial charge in [-0.05, 0) is 92.1 Å². The van der Waals surface area contributed by atoms with E-state index in [4.69, 9.17) is 9.15 Å². The largest absolute Gasteiger partial charge is 0.431 e. The average Bonchev–Trinajstić information content (AvgIpc) is 3.33. The van der Waals surface area contributed by atoms with E-state index in [1.54, 1.807) is 12.3 Å². The zero-order valence-electron chi connectivity index (χ0n) is 17.0. The molecule has 0 amide bonds. The molecule has 5 aliphatic rings. The van der Waals surface area contributed by atoms with Gasteiger partial charge in [0.05, 0.1) is 18.5 Å². The molecule has 2 heterocycles. The molecule has 152 valence electrons. The van der Waals surface area contributed by atoms with Crippen molar-refractivity contribution in [2.24, 2.45) is 28.6 Å². The molecule has 4 heteroatoms. The molecule has 1 aromatic rings. The van der Waals surface area contributed by atoms with E-state index in [2.05, 4.69) is 13.8 Å². The summed E-state index contributed by atoms with van der Waals surface area (Å²) < 4.78 is 11.8. The number of aliphatic hydroxyl groups excluding tert-OH is 1. The Bertz CT molecular complexity index is 842. The fraction of sp³-hybridized carbons (Fsp3) is 0.792. The van der Waals surface area contributed by atoms with E-state index in [0.29, 0.717) is 29.3 Å². The third-order valence-corrected chi connectivity index (χ3v) is 10.2. The fourth-order valence-corrected chi connectivity index (χ4v) is 8.74. The first-order valence-corrected chi connectivity index (χ1v) is 11.3. The number of hydrogen-bond donors (Lipinski definition) is 1. The van der Waals surface area contributed by atoms with E-state index in [1.807, 2.05) is 6.07 Å². The lowest BCUT2D eigenvalue weighted by molar-refractivity contribution is -0.139. The highest BCUT2D eigenvalue weighted by Crippen LogP contribution is 2.77. The van der Waals surface area contributed by atoms with Crippen LogP contribution in [0.3, 0.4) is 0 Å². The Morgan fingerprint density at radius 1 is 1.04 bits per heavy atom. The SMILES string of the molecule is C[C@@]12CC[C@H](O)C[C@H]1CCC1C2CC[C@@]2(C)[C@@H](c3ccc(=O)oc3)C[C@H]3O[C@@]132. The molecule has 4 saturated carbocycles. The molecule has 5 fully saturated rings. The van der Waals surface area contributed by atoms with Crippen molar-refractivity contribution in [1.29, 1.82) is 0 Å². The van der Waals surface area contributed by atoms with Crippen molar-refractivity contribution in [1.82, 2.24) is 0 Å². The summed E-state index contributed by atoms with van der Waals surface area (Å²) in [5.74, 6) is 2.48. The van der Waals surface area contributed by atoms with Gasteiger partial charge in [0.25, 0.3) is 0 Å². The fourth-order valence-electron chi connectivity index (χ4n) is 8.74. The summed E-state index contributed by atoms with van der Waals surface area (Å²) in [7, 11) is 0. The number of fused-ring (bicyclic) bond motifs is 3. The smallest absolute Gasteiger partial charge is 0.335 e. The zero-order valence-corrected chi connectivity index (χ0v) is 17.0. The van der Waals surface area contributed by atoms with Crippen molar-refractivity contribution < 1.29 is 14.3 Å². The molecule has 0 radical (unpaired) electrons. The van der Waals surface area contributed by atoms with Crippen molar-refractivity contribution in [3.63, 3.8) is 0 Å². The Morgan fingerprint density at radius 2 is 1.89 bits per heavy atom. The standard InChI is InChI=1S/C24H32O4/c1-22-9-7-16(25)11-15(22)4-5-18-17(22)8-10-23(2)19(12-20-24(18,23)28-20)14-3-6-21(26)27-13-14/h3,6,13,15-20,25H,4-5,7-12H2,1-2H3/t15-,16+,17?,18?,19-,20-,22-,23+,24+/m1/s1. The highest BCUT2D eigenvalue weighted by Gasteiger charge is 2.80. The van der Waals surface area contributed by atoms with Crippen molar-refractivity contribution in [3.8, 4) is 0 Å². The summed E-state index contributed by atoms with van der Waals surface area (Å²) in [6.45, 7) is 4.97. The number of aliphatic hydroxyl groups is 1. The first kappa shape index (κ1) is 17.7.